The van der Waals surface area contributed by atoms with Gasteiger partial charge in [0.15, 0.2) is 11.5 Å². The molecule has 0 atom stereocenters. The average Bonchev–Trinajstić information content (AvgIpc) is 3.02. The summed E-state index contributed by atoms with van der Waals surface area (Å²) in [5, 5.41) is 8.88. The van der Waals surface area contributed by atoms with Gasteiger partial charge < -0.3 is 9.47 Å². The zero-order chi connectivity index (χ0) is 20.8. The number of hydrazone groups is 1. The number of hydrogen-bond acceptors (Lipinski definition) is 5. The molecule has 1 aromatic heterocycles. The molecule has 0 radical (unpaired) electrons. The number of nitrogens with one attached hydrogen (secondary N) is 1. The highest BCUT2D eigenvalue weighted by atomic mass is 35.5. The van der Waals surface area contributed by atoms with Gasteiger partial charge in [-0.3, -0.25) is 4.79 Å². The molecule has 0 saturated heterocycles. The number of methoxy groups -OCH3 is 2. The van der Waals surface area contributed by atoms with Crippen LogP contribution in [0.2, 0.25) is 5.15 Å². The molecule has 8 heteroatoms. The zero-order valence-corrected chi connectivity index (χ0v) is 17.1. The first-order chi connectivity index (χ1) is 14.0. The summed E-state index contributed by atoms with van der Waals surface area (Å²) in [6.07, 6.45) is 1.64. The van der Waals surface area contributed by atoms with Crippen molar-refractivity contribution < 1.29 is 14.3 Å². The Kier molecular flexibility index (Phi) is 6.51. The Labute approximate surface area is 173 Å². The van der Waals surface area contributed by atoms with E-state index in [1.807, 2.05) is 37.3 Å². The van der Waals surface area contributed by atoms with Crippen molar-refractivity contribution in [1.82, 2.24) is 15.2 Å². The predicted molar refractivity (Wildman–Crippen MR) is 112 cm³/mol. The monoisotopic (exact) mass is 412 g/mol. The van der Waals surface area contributed by atoms with E-state index in [9.17, 15) is 4.79 Å². The van der Waals surface area contributed by atoms with Crippen LogP contribution in [0.5, 0.6) is 11.5 Å². The van der Waals surface area contributed by atoms with Gasteiger partial charge in [-0.05, 0) is 36.8 Å². The molecule has 3 aromatic rings. The van der Waals surface area contributed by atoms with E-state index in [4.69, 9.17) is 21.1 Å². The Morgan fingerprint density at radius 1 is 1.17 bits per heavy atom. The molecule has 7 nitrogen and oxygen atoms in total. The fraction of sp³-hybridized carbons (Fsp3) is 0.190. The van der Waals surface area contributed by atoms with Crippen molar-refractivity contribution in [2.24, 2.45) is 5.10 Å². The lowest BCUT2D eigenvalue weighted by atomic mass is 10.1. The summed E-state index contributed by atoms with van der Waals surface area (Å²) < 4.78 is 12.1. The fourth-order valence-corrected chi connectivity index (χ4v) is 3.10. The van der Waals surface area contributed by atoms with Gasteiger partial charge in [0.1, 0.15) is 5.15 Å². The third-order valence-corrected chi connectivity index (χ3v) is 4.61. The largest absolute Gasteiger partial charge is 0.493 e. The number of hydrogen-bond donors (Lipinski definition) is 1. The van der Waals surface area contributed by atoms with E-state index in [0.717, 1.165) is 11.3 Å². The molecule has 0 aliphatic carbocycles. The summed E-state index contributed by atoms with van der Waals surface area (Å²) in [5.74, 6) is 0.907. The minimum absolute atomic E-state index is 0.147. The minimum atomic E-state index is -0.266. The van der Waals surface area contributed by atoms with Crippen molar-refractivity contribution >= 4 is 23.7 Å². The Morgan fingerprint density at radius 2 is 1.90 bits per heavy atom. The van der Waals surface area contributed by atoms with Crippen molar-refractivity contribution in [3.63, 3.8) is 0 Å². The molecule has 0 spiro atoms. The van der Waals surface area contributed by atoms with E-state index in [2.05, 4.69) is 15.6 Å². The van der Waals surface area contributed by atoms with E-state index in [0.29, 0.717) is 27.9 Å². The highest BCUT2D eigenvalue weighted by molar-refractivity contribution is 6.32. The molecule has 0 bridgehead atoms. The van der Waals surface area contributed by atoms with Crippen molar-refractivity contribution in [2.45, 2.75) is 13.3 Å². The van der Waals surface area contributed by atoms with Crippen molar-refractivity contribution in [1.29, 1.82) is 0 Å². The maximum Gasteiger partial charge on any atom is 0.244 e. The molecule has 0 fully saturated rings. The topological polar surface area (TPSA) is 77.7 Å². The summed E-state index contributed by atoms with van der Waals surface area (Å²) in [6, 6.07) is 14.9. The second kappa shape index (κ2) is 9.25. The van der Waals surface area contributed by atoms with E-state index < -0.39 is 0 Å². The number of amides is 1. The summed E-state index contributed by atoms with van der Waals surface area (Å²) >= 11 is 6.44. The number of aryl methyl sites for hydroxylation is 1. The number of aromatic nitrogens is 2. The van der Waals surface area contributed by atoms with Crippen molar-refractivity contribution in [2.75, 3.05) is 14.2 Å². The highest BCUT2D eigenvalue weighted by Crippen LogP contribution is 2.27. The normalized spacial score (nSPS) is 10.9. The molecule has 29 heavy (non-hydrogen) atoms. The lowest BCUT2D eigenvalue weighted by Gasteiger charge is -2.09. The van der Waals surface area contributed by atoms with Gasteiger partial charge >= 0.3 is 0 Å². The van der Waals surface area contributed by atoms with Gasteiger partial charge in [0.2, 0.25) is 5.91 Å². The maximum absolute atomic E-state index is 12.2. The number of carbonyl (C=O) groups excluding carboxylic acids is 1. The zero-order valence-electron chi connectivity index (χ0n) is 16.3. The molecule has 1 N–H and O–H groups in total. The fourth-order valence-electron chi connectivity index (χ4n) is 2.78. The van der Waals surface area contributed by atoms with Crippen LogP contribution in [0, 0.1) is 6.92 Å². The van der Waals surface area contributed by atoms with Crippen LogP contribution >= 0.6 is 11.6 Å². The van der Waals surface area contributed by atoms with Gasteiger partial charge in [-0.15, -0.1) is 0 Å². The first-order valence-electron chi connectivity index (χ1n) is 8.86. The molecular formula is C21H21ClN4O3. The Bertz CT molecular complexity index is 1030. The van der Waals surface area contributed by atoms with Crippen LogP contribution in [0.25, 0.3) is 5.69 Å². The molecular weight excluding hydrogens is 392 g/mol. The number of rotatable bonds is 7. The van der Waals surface area contributed by atoms with Gasteiger partial charge in [-0.25, -0.2) is 10.1 Å². The third kappa shape index (κ3) is 4.75. The van der Waals surface area contributed by atoms with Gasteiger partial charge in [-0.1, -0.05) is 35.9 Å². The minimum Gasteiger partial charge on any atom is -0.493 e. The van der Waals surface area contributed by atoms with Gasteiger partial charge in [0, 0.05) is 0 Å². The first-order valence-corrected chi connectivity index (χ1v) is 9.24. The quantitative estimate of drug-likeness (QED) is 0.475. The van der Waals surface area contributed by atoms with Crippen LogP contribution in [-0.4, -0.2) is 36.1 Å². The van der Waals surface area contributed by atoms with Crippen molar-refractivity contribution in [3.8, 4) is 17.2 Å². The van der Waals surface area contributed by atoms with Crippen LogP contribution in [0.3, 0.4) is 0 Å². The van der Waals surface area contributed by atoms with Crippen LogP contribution in [0.4, 0.5) is 0 Å². The molecule has 2 aromatic carbocycles. The Balaban J connectivity index is 1.67. The molecule has 3 rings (SSSR count). The number of benzene rings is 2. The maximum atomic E-state index is 12.2. The lowest BCUT2D eigenvalue weighted by molar-refractivity contribution is -0.120. The van der Waals surface area contributed by atoms with E-state index in [1.54, 1.807) is 37.1 Å². The number of halogens is 1. The van der Waals surface area contributed by atoms with Gasteiger partial charge in [0.25, 0.3) is 0 Å². The van der Waals surface area contributed by atoms with Crippen LogP contribution in [0.1, 0.15) is 16.8 Å². The lowest BCUT2D eigenvalue weighted by Crippen LogP contribution is -2.19. The van der Waals surface area contributed by atoms with Gasteiger partial charge in [0.05, 0.1) is 43.8 Å². The molecule has 1 amide bonds. The second-order valence-corrected chi connectivity index (χ2v) is 6.55. The van der Waals surface area contributed by atoms with Gasteiger partial charge in [-0.2, -0.15) is 10.2 Å². The summed E-state index contributed by atoms with van der Waals surface area (Å²) in [7, 11) is 3.11. The van der Waals surface area contributed by atoms with E-state index >= 15 is 0 Å². The first kappa shape index (κ1) is 20.4. The average molecular weight is 413 g/mol. The van der Waals surface area contributed by atoms with E-state index in [-0.39, 0.29) is 12.3 Å². The standard InChI is InChI=1S/C21H21ClN4O3/c1-14-17(21(22)26(25-14)16-7-5-4-6-8-16)13-23-24-20(27)12-15-9-10-18(28-2)19(11-15)29-3/h4-11,13H,12H2,1-3H3,(H,24,27)/b23-13-. The molecule has 0 saturated carbocycles. The van der Waals surface area contributed by atoms with Crippen LogP contribution in [-0.2, 0) is 11.2 Å². The van der Waals surface area contributed by atoms with Crippen LogP contribution in [0.15, 0.2) is 53.6 Å². The SMILES string of the molecule is COc1ccc(CC(=O)N/N=C\c2c(C)nn(-c3ccccc3)c2Cl)cc1OC. The number of nitrogens with zero attached hydrogens (tertiary/aromatic N) is 3. The molecule has 1 heterocycles. The van der Waals surface area contributed by atoms with Crippen molar-refractivity contribution in [3.05, 3.63) is 70.5 Å². The molecule has 0 aliphatic heterocycles. The summed E-state index contributed by atoms with van der Waals surface area (Å²) in [4.78, 5) is 12.2. The predicted octanol–water partition coefficient (Wildman–Crippen LogP) is 3.54. The van der Waals surface area contributed by atoms with Crippen LogP contribution < -0.4 is 14.9 Å². The smallest absolute Gasteiger partial charge is 0.244 e. The number of carbonyl (C=O) groups is 1. The Morgan fingerprint density at radius 3 is 2.59 bits per heavy atom. The number of ether oxygens (including phenoxy) is 2. The summed E-state index contributed by atoms with van der Waals surface area (Å²) in [6.45, 7) is 1.83. The Hall–Kier alpha value is -3.32. The highest BCUT2D eigenvalue weighted by Gasteiger charge is 2.13. The third-order valence-electron chi connectivity index (χ3n) is 4.24. The molecule has 0 aliphatic rings. The van der Waals surface area contributed by atoms with E-state index in [1.165, 1.54) is 6.21 Å². The number of para-hydroxylation sites is 1. The molecule has 150 valence electrons. The second-order valence-electron chi connectivity index (χ2n) is 6.20. The molecule has 0 unspecified atom stereocenters. The summed E-state index contributed by atoms with van der Waals surface area (Å²) in [5.41, 5.74) is 5.48.